The smallest absolute Gasteiger partial charge is 0.326 e. The number of benzene rings is 1. The summed E-state index contributed by atoms with van der Waals surface area (Å²) < 4.78 is 0. The Balaban J connectivity index is 1.67. The van der Waals surface area contributed by atoms with Gasteiger partial charge in [-0.05, 0) is 49.8 Å². The van der Waals surface area contributed by atoms with Crippen molar-refractivity contribution in [3.05, 3.63) is 54.2 Å². The molecule has 0 aliphatic carbocycles. The number of carbonyl (C=O) groups excluding carboxylic acids is 3. The van der Waals surface area contributed by atoms with Crippen molar-refractivity contribution in [3.8, 4) is 0 Å². The van der Waals surface area contributed by atoms with Crippen molar-refractivity contribution in [2.45, 2.75) is 70.1 Å². The third kappa shape index (κ3) is 8.88. The molecule has 0 spiro atoms. The van der Waals surface area contributed by atoms with E-state index in [1.165, 1.54) is 12.5 Å². The number of carbonyl (C=O) groups is 4. The lowest BCUT2D eigenvalue weighted by Crippen LogP contribution is -2.58. The molecular weight excluding hydrogens is 528 g/mol. The summed E-state index contributed by atoms with van der Waals surface area (Å²) in [5.41, 5.74) is 14.2. The molecule has 41 heavy (non-hydrogen) atoms. The first kappa shape index (κ1) is 31.3. The second-order valence-electron chi connectivity index (χ2n) is 10.4. The van der Waals surface area contributed by atoms with Crippen molar-refractivity contribution < 1.29 is 24.3 Å². The first-order valence-electron chi connectivity index (χ1n) is 13.7. The van der Waals surface area contributed by atoms with Gasteiger partial charge in [0.1, 0.15) is 18.1 Å². The molecule has 3 amide bonds. The SMILES string of the molecule is CC(C)C(NC(=O)C(CCCCN)NC(=O)C(N)Cc1c[nH]c2ccccc12)C(=O)NC(Cc1cnc[nH]1)C(=O)O. The van der Waals surface area contributed by atoms with Gasteiger partial charge in [0.25, 0.3) is 0 Å². The number of imidazole rings is 1. The van der Waals surface area contributed by atoms with Gasteiger partial charge < -0.3 is 42.5 Å². The average Bonchev–Trinajstić information content (AvgIpc) is 3.60. The topological polar surface area (TPSA) is 221 Å². The van der Waals surface area contributed by atoms with Crippen LogP contribution in [0.15, 0.2) is 43.0 Å². The Labute approximate surface area is 238 Å². The summed E-state index contributed by atoms with van der Waals surface area (Å²) in [5, 5.41) is 18.5. The number of nitrogens with one attached hydrogen (secondary N) is 5. The number of hydrogen-bond acceptors (Lipinski definition) is 7. The van der Waals surface area contributed by atoms with Gasteiger partial charge in [-0.25, -0.2) is 9.78 Å². The molecule has 0 radical (unpaired) electrons. The number of unbranched alkanes of at least 4 members (excludes halogenated alkanes) is 1. The number of nitrogens with two attached hydrogens (primary N) is 2. The molecule has 0 aliphatic heterocycles. The van der Waals surface area contributed by atoms with Crippen LogP contribution in [-0.4, -0.2) is 74.5 Å². The molecule has 2 aromatic heterocycles. The van der Waals surface area contributed by atoms with Crippen LogP contribution in [0.1, 0.15) is 44.4 Å². The Kier molecular flexibility index (Phi) is 11.4. The molecule has 0 fully saturated rings. The Morgan fingerprint density at radius 2 is 1.68 bits per heavy atom. The standard InChI is InChI=1S/C28H40N8O5/c1-16(2)24(27(39)35-23(28(40)41)12-18-14-31-15-33-18)36-26(38)22(9-5-6-10-29)34-25(37)20(30)11-17-13-32-21-8-4-3-7-19(17)21/h3-4,7-8,13-16,20,22-24,32H,5-6,9-12,29-30H2,1-2H3,(H,31,33)(H,34,37)(H,35,39)(H,36,38)(H,40,41). The van der Waals surface area contributed by atoms with E-state index >= 15 is 0 Å². The molecule has 4 unspecified atom stereocenters. The van der Waals surface area contributed by atoms with Gasteiger partial charge in [0.05, 0.1) is 12.4 Å². The fraction of sp³-hybridized carbons (Fsp3) is 0.464. The molecular formula is C28H40N8O5. The predicted octanol–water partition coefficient (Wildman–Crippen LogP) is 0.328. The van der Waals surface area contributed by atoms with Crippen LogP contribution in [-0.2, 0) is 32.0 Å². The number of carboxylic acid groups (broad SMARTS) is 1. The molecule has 10 N–H and O–H groups in total. The van der Waals surface area contributed by atoms with Crippen molar-refractivity contribution in [3.63, 3.8) is 0 Å². The molecule has 0 aliphatic rings. The highest BCUT2D eigenvalue weighted by Crippen LogP contribution is 2.19. The van der Waals surface area contributed by atoms with E-state index in [0.29, 0.717) is 31.5 Å². The molecule has 0 saturated carbocycles. The number of nitrogens with zero attached hydrogens (tertiary/aromatic N) is 1. The fourth-order valence-corrected chi connectivity index (χ4v) is 4.54. The second kappa shape index (κ2) is 15.0. The molecule has 0 bridgehead atoms. The summed E-state index contributed by atoms with van der Waals surface area (Å²) in [6, 6.07) is 3.53. The molecule has 2 heterocycles. The van der Waals surface area contributed by atoms with Gasteiger partial charge in [-0.1, -0.05) is 32.0 Å². The summed E-state index contributed by atoms with van der Waals surface area (Å²) >= 11 is 0. The van der Waals surface area contributed by atoms with Gasteiger partial charge in [0.2, 0.25) is 17.7 Å². The zero-order valence-electron chi connectivity index (χ0n) is 23.4. The molecule has 222 valence electrons. The van der Waals surface area contributed by atoms with Crippen molar-refractivity contribution in [1.82, 2.24) is 30.9 Å². The minimum atomic E-state index is -1.23. The van der Waals surface area contributed by atoms with Gasteiger partial charge in [-0.2, -0.15) is 0 Å². The van der Waals surface area contributed by atoms with Crippen molar-refractivity contribution in [1.29, 1.82) is 0 Å². The van der Waals surface area contributed by atoms with Crippen LogP contribution in [0.3, 0.4) is 0 Å². The Morgan fingerprint density at radius 3 is 2.34 bits per heavy atom. The van der Waals surface area contributed by atoms with E-state index in [9.17, 15) is 24.3 Å². The van der Waals surface area contributed by atoms with E-state index in [1.807, 2.05) is 30.5 Å². The maximum Gasteiger partial charge on any atom is 0.326 e. The minimum absolute atomic E-state index is 0.00801. The number of carboxylic acids is 1. The minimum Gasteiger partial charge on any atom is -0.480 e. The van der Waals surface area contributed by atoms with Gasteiger partial charge in [0, 0.05) is 35.4 Å². The van der Waals surface area contributed by atoms with E-state index < -0.39 is 47.9 Å². The number of aliphatic carboxylic acids is 1. The van der Waals surface area contributed by atoms with Gasteiger partial charge in [-0.15, -0.1) is 0 Å². The number of aromatic amines is 2. The normalized spacial score (nSPS) is 14.3. The Morgan fingerprint density at radius 1 is 0.951 bits per heavy atom. The van der Waals surface area contributed by atoms with Gasteiger partial charge in [-0.3, -0.25) is 14.4 Å². The van der Waals surface area contributed by atoms with E-state index in [-0.39, 0.29) is 18.8 Å². The third-order valence-corrected chi connectivity index (χ3v) is 6.87. The number of H-pyrrole nitrogens is 2. The zero-order chi connectivity index (χ0) is 29.9. The fourth-order valence-electron chi connectivity index (χ4n) is 4.54. The molecule has 4 atom stereocenters. The zero-order valence-corrected chi connectivity index (χ0v) is 23.4. The average molecular weight is 569 g/mol. The van der Waals surface area contributed by atoms with Crippen LogP contribution in [0.2, 0.25) is 0 Å². The lowest BCUT2D eigenvalue weighted by atomic mass is 10.0. The molecule has 1 aromatic carbocycles. The lowest BCUT2D eigenvalue weighted by molar-refractivity contribution is -0.142. The molecule has 3 aromatic rings. The second-order valence-corrected chi connectivity index (χ2v) is 10.4. The summed E-state index contributed by atoms with van der Waals surface area (Å²) in [7, 11) is 0. The van der Waals surface area contributed by atoms with Gasteiger partial charge in [0.15, 0.2) is 0 Å². The number of fused-ring (bicyclic) bond motifs is 1. The van der Waals surface area contributed by atoms with Crippen LogP contribution in [0.4, 0.5) is 0 Å². The third-order valence-electron chi connectivity index (χ3n) is 6.87. The number of rotatable bonds is 16. The molecule has 13 heteroatoms. The largest absolute Gasteiger partial charge is 0.480 e. The summed E-state index contributed by atoms with van der Waals surface area (Å²) in [4.78, 5) is 61.2. The van der Waals surface area contributed by atoms with Gasteiger partial charge >= 0.3 is 5.97 Å². The molecule has 0 saturated heterocycles. The first-order valence-corrected chi connectivity index (χ1v) is 13.7. The highest BCUT2D eigenvalue weighted by Gasteiger charge is 2.32. The first-order chi connectivity index (χ1) is 19.6. The number of aromatic nitrogens is 3. The Bertz CT molecular complexity index is 1310. The van der Waals surface area contributed by atoms with Crippen molar-refractivity contribution in [2.75, 3.05) is 6.54 Å². The van der Waals surface area contributed by atoms with Crippen LogP contribution < -0.4 is 27.4 Å². The van der Waals surface area contributed by atoms with E-state index in [0.717, 1.165) is 16.5 Å². The monoisotopic (exact) mass is 568 g/mol. The van der Waals surface area contributed by atoms with E-state index in [4.69, 9.17) is 11.5 Å². The number of hydrogen-bond donors (Lipinski definition) is 8. The maximum atomic E-state index is 13.4. The van der Waals surface area contributed by atoms with Crippen LogP contribution in [0.5, 0.6) is 0 Å². The van der Waals surface area contributed by atoms with Crippen LogP contribution in [0.25, 0.3) is 10.9 Å². The summed E-state index contributed by atoms with van der Waals surface area (Å²) in [5.74, 6) is -3.31. The van der Waals surface area contributed by atoms with Crippen LogP contribution >= 0.6 is 0 Å². The quantitative estimate of drug-likeness (QED) is 0.112. The number of para-hydroxylation sites is 1. The van der Waals surface area contributed by atoms with Crippen molar-refractivity contribution in [2.24, 2.45) is 17.4 Å². The van der Waals surface area contributed by atoms with Crippen molar-refractivity contribution >= 4 is 34.6 Å². The lowest BCUT2D eigenvalue weighted by Gasteiger charge is -2.27. The maximum absolute atomic E-state index is 13.4. The molecule has 3 rings (SSSR count). The van der Waals surface area contributed by atoms with Crippen LogP contribution in [0, 0.1) is 5.92 Å². The summed E-state index contributed by atoms with van der Waals surface area (Å²) in [6.45, 7) is 3.88. The molecule has 13 nitrogen and oxygen atoms in total. The van der Waals surface area contributed by atoms with E-state index in [1.54, 1.807) is 13.8 Å². The summed E-state index contributed by atoms with van der Waals surface area (Å²) in [6.07, 6.45) is 6.45. The van der Waals surface area contributed by atoms with E-state index in [2.05, 4.69) is 30.9 Å². The highest BCUT2D eigenvalue weighted by molar-refractivity contribution is 5.94. The predicted molar refractivity (Wildman–Crippen MR) is 153 cm³/mol. The number of amides is 3. The highest BCUT2D eigenvalue weighted by atomic mass is 16.4. The Hall–Kier alpha value is -4.23.